The summed E-state index contributed by atoms with van der Waals surface area (Å²) < 4.78 is 19.5. The number of nitrogens with one attached hydrogen (secondary N) is 1. The summed E-state index contributed by atoms with van der Waals surface area (Å²) in [5.74, 6) is -0.455. The van der Waals surface area contributed by atoms with Gasteiger partial charge < -0.3 is 14.8 Å². The summed E-state index contributed by atoms with van der Waals surface area (Å²) in [7, 11) is 0. The lowest BCUT2D eigenvalue weighted by molar-refractivity contribution is -0.136. The molecule has 0 spiro atoms. The van der Waals surface area contributed by atoms with E-state index in [0.29, 0.717) is 12.2 Å². The lowest BCUT2D eigenvalue weighted by atomic mass is 9.99. The third-order valence-corrected chi connectivity index (χ3v) is 4.82. The quantitative estimate of drug-likeness (QED) is 0.434. The van der Waals surface area contributed by atoms with Gasteiger partial charge in [-0.05, 0) is 71.0 Å². The number of fused-ring (bicyclic) bond motifs is 1. The lowest BCUT2D eigenvalue weighted by Gasteiger charge is -2.14. The number of halogens is 1. The Hall–Kier alpha value is -3.60. The molecule has 4 aromatic rings. The normalized spacial score (nSPS) is 10.9. The maximum absolute atomic E-state index is 13.5. The molecule has 0 unspecified atom stereocenters. The Kier molecular flexibility index (Phi) is 5.29. The first-order valence-corrected chi connectivity index (χ1v) is 9.38. The van der Waals surface area contributed by atoms with Gasteiger partial charge in [0.25, 0.3) is 0 Å². The van der Waals surface area contributed by atoms with Crippen molar-refractivity contribution in [1.82, 2.24) is 4.98 Å². The second-order valence-corrected chi connectivity index (χ2v) is 6.92. The molecule has 4 nitrogen and oxygen atoms in total. The molecule has 0 aliphatic carbocycles. The smallest absolute Gasteiger partial charge is 0.303 e. The van der Waals surface area contributed by atoms with Gasteiger partial charge in [-0.3, -0.25) is 4.79 Å². The molecule has 1 aromatic heterocycles. The molecule has 0 aliphatic heterocycles. The highest BCUT2D eigenvalue weighted by molar-refractivity contribution is 5.86. The number of aryl methyl sites for hydroxylation is 1. The van der Waals surface area contributed by atoms with Crippen LogP contribution in [0.5, 0.6) is 5.75 Å². The summed E-state index contributed by atoms with van der Waals surface area (Å²) in [6.07, 6.45) is 2.40. The van der Waals surface area contributed by atoms with E-state index < -0.39 is 5.97 Å². The van der Waals surface area contributed by atoms with Crippen molar-refractivity contribution < 1.29 is 19.0 Å². The molecule has 0 atom stereocenters. The minimum Gasteiger partial charge on any atom is -0.488 e. The van der Waals surface area contributed by atoms with Gasteiger partial charge in [-0.1, -0.05) is 24.3 Å². The summed E-state index contributed by atoms with van der Waals surface area (Å²) in [5.41, 5.74) is 4.57. The summed E-state index contributed by atoms with van der Waals surface area (Å²) in [6, 6.07) is 20.1. The molecule has 0 saturated heterocycles. The van der Waals surface area contributed by atoms with Gasteiger partial charge in [0, 0.05) is 23.7 Å². The van der Waals surface area contributed by atoms with Crippen LogP contribution in [-0.2, 0) is 17.8 Å². The average molecular weight is 389 g/mol. The predicted molar refractivity (Wildman–Crippen MR) is 110 cm³/mol. The molecule has 1 heterocycles. The standard InChI is InChI=1S/C24H20FNO3/c25-20-3-1-2-17(12-20)15-29-23-8-4-16(5-9-24(27)28)13-21(23)18-6-7-22-19(14-18)10-11-26-22/h1-4,6-8,10-14,26H,5,9,15H2,(H,27,28). The highest BCUT2D eigenvalue weighted by atomic mass is 19.1. The van der Waals surface area contributed by atoms with Crippen molar-refractivity contribution in [1.29, 1.82) is 0 Å². The summed E-state index contributed by atoms with van der Waals surface area (Å²) >= 11 is 0. The monoisotopic (exact) mass is 389 g/mol. The van der Waals surface area contributed by atoms with E-state index in [1.54, 1.807) is 6.07 Å². The first-order chi connectivity index (χ1) is 14.1. The van der Waals surface area contributed by atoms with Gasteiger partial charge >= 0.3 is 5.97 Å². The van der Waals surface area contributed by atoms with E-state index in [9.17, 15) is 9.18 Å². The van der Waals surface area contributed by atoms with E-state index in [1.807, 2.05) is 48.7 Å². The fraction of sp³-hybridized carbons (Fsp3) is 0.125. The Labute approximate surface area is 167 Å². The molecule has 5 heteroatoms. The maximum Gasteiger partial charge on any atom is 0.303 e. The van der Waals surface area contributed by atoms with Crippen LogP contribution in [0.3, 0.4) is 0 Å². The van der Waals surface area contributed by atoms with Crippen LogP contribution in [-0.4, -0.2) is 16.1 Å². The van der Waals surface area contributed by atoms with Crippen LogP contribution in [0.1, 0.15) is 17.5 Å². The molecular weight excluding hydrogens is 369 g/mol. The van der Waals surface area contributed by atoms with E-state index >= 15 is 0 Å². The number of rotatable bonds is 7. The summed E-state index contributed by atoms with van der Waals surface area (Å²) in [6.45, 7) is 0.242. The van der Waals surface area contributed by atoms with Gasteiger partial charge in [-0.25, -0.2) is 4.39 Å². The minimum absolute atomic E-state index is 0.0692. The molecule has 0 radical (unpaired) electrons. The number of hydrogen-bond acceptors (Lipinski definition) is 2. The molecular formula is C24H20FNO3. The van der Waals surface area contributed by atoms with Crippen molar-refractivity contribution in [3.63, 3.8) is 0 Å². The van der Waals surface area contributed by atoms with Crippen molar-refractivity contribution in [3.05, 3.63) is 89.9 Å². The minimum atomic E-state index is -0.827. The zero-order valence-corrected chi connectivity index (χ0v) is 15.7. The first kappa shape index (κ1) is 18.7. The van der Waals surface area contributed by atoms with Crippen molar-refractivity contribution in [2.24, 2.45) is 0 Å². The maximum atomic E-state index is 13.5. The zero-order valence-electron chi connectivity index (χ0n) is 15.7. The van der Waals surface area contributed by atoms with Gasteiger partial charge in [0.15, 0.2) is 0 Å². The molecule has 0 saturated carbocycles. The highest BCUT2D eigenvalue weighted by Gasteiger charge is 2.11. The largest absolute Gasteiger partial charge is 0.488 e. The number of ether oxygens (including phenoxy) is 1. The number of carboxylic acid groups (broad SMARTS) is 1. The van der Waals surface area contributed by atoms with E-state index in [0.717, 1.165) is 33.2 Å². The van der Waals surface area contributed by atoms with E-state index in [1.165, 1.54) is 12.1 Å². The fourth-order valence-electron chi connectivity index (χ4n) is 3.34. The van der Waals surface area contributed by atoms with Crippen LogP contribution in [0.15, 0.2) is 72.9 Å². The fourth-order valence-corrected chi connectivity index (χ4v) is 3.34. The topological polar surface area (TPSA) is 62.3 Å². The van der Waals surface area contributed by atoms with Crippen molar-refractivity contribution in [2.75, 3.05) is 0 Å². The van der Waals surface area contributed by atoms with Gasteiger partial charge in [0.05, 0.1) is 0 Å². The van der Waals surface area contributed by atoms with Crippen molar-refractivity contribution >= 4 is 16.9 Å². The van der Waals surface area contributed by atoms with Crippen molar-refractivity contribution in [3.8, 4) is 16.9 Å². The molecule has 4 rings (SSSR count). The SMILES string of the molecule is O=C(O)CCc1ccc(OCc2cccc(F)c2)c(-c2ccc3[nH]ccc3c2)c1. The molecule has 0 amide bonds. The van der Waals surface area contributed by atoms with Crippen LogP contribution >= 0.6 is 0 Å². The summed E-state index contributed by atoms with van der Waals surface area (Å²) in [5, 5.41) is 10.1. The molecule has 0 bridgehead atoms. The summed E-state index contributed by atoms with van der Waals surface area (Å²) in [4.78, 5) is 14.1. The number of aromatic nitrogens is 1. The molecule has 146 valence electrons. The van der Waals surface area contributed by atoms with Gasteiger partial charge in [-0.2, -0.15) is 0 Å². The second kappa shape index (κ2) is 8.19. The molecule has 29 heavy (non-hydrogen) atoms. The number of aliphatic carboxylic acids is 1. The number of H-pyrrole nitrogens is 1. The number of hydrogen-bond donors (Lipinski definition) is 2. The van der Waals surface area contributed by atoms with Crippen LogP contribution in [0, 0.1) is 5.82 Å². The zero-order chi connectivity index (χ0) is 20.2. The molecule has 0 aliphatic rings. The third kappa shape index (κ3) is 4.46. The number of carbonyl (C=O) groups is 1. The van der Waals surface area contributed by atoms with Gasteiger partial charge in [0.2, 0.25) is 0 Å². The van der Waals surface area contributed by atoms with Gasteiger partial charge in [-0.15, -0.1) is 0 Å². The predicted octanol–water partition coefficient (Wildman–Crippen LogP) is 5.57. The van der Waals surface area contributed by atoms with E-state index in [2.05, 4.69) is 11.1 Å². The highest BCUT2D eigenvalue weighted by Crippen LogP contribution is 2.34. The second-order valence-electron chi connectivity index (χ2n) is 6.92. The molecule has 0 fully saturated rings. The Morgan fingerprint density at radius 3 is 2.72 bits per heavy atom. The lowest BCUT2D eigenvalue weighted by Crippen LogP contribution is -2.00. The number of aromatic amines is 1. The Bertz CT molecular complexity index is 1170. The van der Waals surface area contributed by atoms with E-state index in [-0.39, 0.29) is 18.8 Å². The Morgan fingerprint density at radius 2 is 1.90 bits per heavy atom. The average Bonchev–Trinajstić information content (AvgIpc) is 3.19. The molecule has 2 N–H and O–H groups in total. The number of carboxylic acids is 1. The van der Waals surface area contributed by atoms with Crippen LogP contribution in [0.2, 0.25) is 0 Å². The Morgan fingerprint density at radius 1 is 1.00 bits per heavy atom. The Balaban J connectivity index is 1.67. The van der Waals surface area contributed by atoms with Crippen LogP contribution < -0.4 is 4.74 Å². The first-order valence-electron chi connectivity index (χ1n) is 9.38. The van der Waals surface area contributed by atoms with Crippen molar-refractivity contribution in [2.45, 2.75) is 19.4 Å². The van der Waals surface area contributed by atoms with Crippen LogP contribution in [0.4, 0.5) is 4.39 Å². The number of benzene rings is 3. The van der Waals surface area contributed by atoms with Crippen LogP contribution in [0.25, 0.3) is 22.0 Å². The molecule has 3 aromatic carbocycles. The van der Waals surface area contributed by atoms with Gasteiger partial charge in [0.1, 0.15) is 18.2 Å². The van der Waals surface area contributed by atoms with E-state index in [4.69, 9.17) is 9.84 Å². The third-order valence-electron chi connectivity index (χ3n) is 4.82.